The van der Waals surface area contributed by atoms with Crippen LogP contribution in [0.4, 0.5) is 0 Å². The minimum atomic E-state index is -0.0783. The topological polar surface area (TPSA) is 54.8 Å². The molecule has 0 aromatic carbocycles. The van der Waals surface area contributed by atoms with Gasteiger partial charge in [-0.3, -0.25) is 9.88 Å². The molecule has 0 saturated carbocycles. The number of aliphatic hydroxyl groups is 1. The van der Waals surface area contributed by atoms with E-state index < -0.39 is 0 Å². The van der Waals surface area contributed by atoms with E-state index in [1.807, 2.05) is 19.1 Å². The molecule has 1 N–H and O–H groups in total. The molecule has 18 heavy (non-hydrogen) atoms. The first kappa shape index (κ1) is 13.3. The van der Waals surface area contributed by atoms with Crippen molar-refractivity contribution >= 4 is 0 Å². The highest BCUT2D eigenvalue weighted by molar-refractivity contribution is 5.26. The first-order valence-electron chi connectivity index (χ1n) is 6.17. The van der Waals surface area contributed by atoms with Gasteiger partial charge in [-0.05, 0) is 6.92 Å². The molecule has 0 bridgehead atoms. The third-order valence-corrected chi connectivity index (χ3v) is 3.03. The monoisotopic (exact) mass is 252 g/mol. The summed E-state index contributed by atoms with van der Waals surface area (Å²) in [4.78, 5) is 6.74. The zero-order valence-corrected chi connectivity index (χ0v) is 10.9. The molecule has 1 saturated heterocycles. The van der Waals surface area contributed by atoms with Gasteiger partial charge in [0.05, 0.1) is 32.1 Å². The molecule has 1 aliphatic heterocycles. The smallest absolute Gasteiger partial charge is 0.122 e. The Morgan fingerprint density at radius 3 is 3.11 bits per heavy atom. The van der Waals surface area contributed by atoms with Crippen molar-refractivity contribution in [2.24, 2.45) is 0 Å². The van der Waals surface area contributed by atoms with Gasteiger partial charge < -0.3 is 14.6 Å². The molecule has 5 nitrogen and oxygen atoms in total. The number of rotatable bonds is 4. The number of hydrogen-bond donors (Lipinski definition) is 1. The second-order valence-electron chi connectivity index (χ2n) is 4.55. The van der Waals surface area contributed by atoms with E-state index in [-0.39, 0.29) is 12.7 Å². The van der Waals surface area contributed by atoms with Gasteiger partial charge in [0.25, 0.3) is 0 Å². The van der Waals surface area contributed by atoms with Gasteiger partial charge in [0, 0.05) is 37.5 Å². The summed E-state index contributed by atoms with van der Waals surface area (Å²) < 4.78 is 10.7. The second-order valence-corrected chi connectivity index (χ2v) is 4.55. The predicted octanol–water partition coefficient (Wildman–Crippen LogP) is 0.592. The van der Waals surface area contributed by atoms with E-state index in [0.29, 0.717) is 6.61 Å². The minimum absolute atomic E-state index is 0.0705. The molecular weight excluding hydrogens is 232 g/mol. The Hall–Kier alpha value is -1.17. The molecular formula is C13H20N2O3. The maximum atomic E-state index is 9.11. The zero-order valence-electron chi connectivity index (χ0n) is 10.9. The van der Waals surface area contributed by atoms with Crippen LogP contribution in [0.5, 0.6) is 5.75 Å². The van der Waals surface area contributed by atoms with Crippen LogP contribution in [-0.4, -0.2) is 54.5 Å². The lowest BCUT2D eigenvalue weighted by molar-refractivity contribution is -0.0553. The quantitative estimate of drug-likeness (QED) is 0.850. The number of aromatic nitrogens is 1. The Morgan fingerprint density at radius 1 is 1.56 bits per heavy atom. The number of pyridine rings is 1. The van der Waals surface area contributed by atoms with Gasteiger partial charge in [-0.2, -0.15) is 0 Å². The van der Waals surface area contributed by atoms with Crippen molar-refractivity contribution in [3.05, 3.63) is 23.5 Å². The molecule has 1 aromatic rings. The average molecular weight is 252 g/mol. The van der Waals surface area contributed by atoms with Crippen molar-refractivity contribution < 1.29 is 14.6 Å². The van der Waals surface area contributed by atoms with Crippen LogP contribution in [0.2, 0.25) is 0 Å². The Kier molecular flexibility index (Phi) is 4.52. The van der Waals surface area contributed by atoms with Crippen molar-refractivity contribution in [2.45, 2.75) is 19.6 Å². The van der Waals surface area contributed by atoms with Crippen LogP contribution in [0.15, 0.2) is 12.1 Å². The molecule has 1 aliphatic rings. The summed E-state index contributed by atoms with van der Waals surface area (Å²) in [6.07, 6.45) is -0.0783. The summed E-state index contributed by atoms with van der Waals surface area (Å²) in [6, 6.07) is 3.87. The van der Waals surface area contributed by atoms with Crippen LogP contribution in [-0.2, 0) is 11.3 Å². The van der Waals surface area contributed by atoms with Gasteiger partial charge in [0.15, 0.2) is 0 Å². The SMILES string of the molecule is COc1cc(C)nc(CN2CCOC(CO)C2)c1. The Morgan fingerprint density at radius 2 is 2.39 bits per heavy atom. The first-order valence-corrected chi connectivity index (χ1v) is 6.17. The van der Waals surface area contributed by atoms with E-state index >= 15 is 0 Å². The standard InChI is InChI=1S/C13H20N2O3/c1-10-5-12(17-2)6-11(14-10)7-15-3-4-18-13(8-15)9-16/h5-6,13,16H,3-4,7-9H2,1-2H3. The molecule has 2 rings (SSSR count). The van der Waals surface area contributed by atoms with Crippen LogP contribution in [0.25, 0.3) is 0 Å². The number of nitrogens with zero attached hydrogens (tertiary/aromatic N) is 2. The third kappa shape index (κ3) is 3.41. The number of morpholine rings is 1. The van der Waals surface area contributed by atoms with E-state index in [1.165, 1.54) is 0 Å². The highest BCUT2D eigenvalue weighted by atomic mass is 16.5. The second kappa shape index (κ2) is 6.13. The van der Waals surface area contributed by atoms with Gasteiger partial charge in [-0.25, -0.2) is 0 Å². The van der Waals surface area contributed by atoms with Gasteiger partial charge in [0.1, 0.15) is 5.75 Å². The van der Waals surface area contributed by atoms with Crippen molar-refractivity contribution in [1.29, 1.82) is 0 Å². The zero-order chi connectivity index (χ0) is 13.0. The van der Waals surface area contributed by atoms with Crippen molar-refractivity contribution in [1.82, 2.24) is 9.88 Å². The summed E-state index contributed by atoms with van der Waals surface area (Å²) in [5.41, 5.74) is 1.95. The minimum Gasteiger partial charge on any atom is -0.497 e. The van der Waals surface area contributed by atoms with E-state index in [2.05, 4.69) is 9.88 Å². The summed E-state index contributed by atoms with van der Waals surface area (Å²) in [5.74, 6) is 0.837. The number of aliphatic hydroxyl groups excluding tert-OH is 1. The third-order valence-electron chi connectivity index (χ3n) is 3.03. The molecule has 1 unspecified atom stereocenters. The van der Waals surface area contributed by atoms with E-state index in [0.717, 1.165) is 36.8 Å². The highest BCUT2D eigenvalue weighted by Gasteiger charge is 2.20. The summed E-state index contributed by atoms with van der Waals surface area (Å²) in [7, 11) is 1.66. The predicted molar refractivity (Wildman–Crippen MR) is 67.6 cm³/mol. The number of ether oxygens (including phenoxy) is 2. The molecule has 0 spiro atoms. The van der Waals surface area contributed by atoms with Crippen LogP contribution >= 0.6 is 0 Å². The van der Waals surface area contributed by atoms with Crippen LogP contribution in [0.1, 0.15) is 11.4 Å². The Bertz CT molecular complexity index is 398. The highest BCUT2D eigenvalue weighted by Crippen LogP contribution is 2.16. The average Bonchev–Trinajstić information content (AvgIpc) is 2.38. The fourth-order valence-electron chi connectivity index (χ4n) is 2.17. The van der Waals surface area contributed by atoms with Crippen molar-refractivity contribution in [3.8, 4) is 5.75 Å². The molecule has 0 radical (unpaired) electrons. The summed E-state index contributed by atoms with van der Waals surface area (Å²) in [5, 5.41) is 9.11. The number of aryl methyl sites for hydroxylation is 1. The van der Waals surface area contributed by atoms with Crippen molar-refractivity contribution in [3.63, 3.8) is 0 Å². The van der Waals surface area contributed by atoms with Gasteiger partial charge in [0.2, 0.25) is 0 Å². The van der Waals surface area contributed by atoms with Gasteiger partial charge in [-0.15, -0.1) is 0 Å². The fourth-order valence-corrected chi connectivity index (χ4v) is 2.17. The molecule has 5 heteroatoms. The first-order chi connectivity index (χ1) is 8.71. The van der Waals surface area contributed by atoms with E-state index in [4.69, 9.17) is 14.6 Å². The Balaban J connectivity index is 2.02. The van der Waals surface area contributed by atoms with Crippen LogP contribution in [0.3, 0.4) is 0 Å². The number of hydrogen-bond acceptors (Lipinski definition) is 5. The molecule has 100 valence electrons. The molecule has 1 fully saturated rings. The fraction of sp³-hybridized carbons (Fsp3) is 0.615. The molecule has 2 heterocycles. The van der Waals surface area contributed by atoms with Gasteiger partial charge in [-0.1, -0.05) is 0 Å². The van der Waals surface area contributed by atoms with Crippen LogP contribution in [0, 0.1) is 6.92 Å². The van der Waals surface area contributed by atoms with E-state index in [1.54, 1.807) is 7.11 Å². The molecule has 0 aliphatic carbocycles. The van der Waals surface area contributed by atoms with Crippen molar-refractivity contribution in [2.75, 3.05) is 33.4 Å². The maximum absolute atomic E-state index is 9.11. The lowest BCUT2D eigenvalue weighted by atomic mass is 10.2. The summed E-state index contributed by atoms with van der Waals surface area (Å²) in [6.45, 7) is 5.07. The normalized spacial score (nSPS) is 20.9. The van der Waals surface area contributed by atoms with Crippen LogP contribution < -0.4 is 4.74 Å². The maximum Gasteiger partial charge on any atom is 0.122 e. The lowest BCUT2D eigenvalue weighted by Crippen LogP contribution is -2.43. The molecule has 0 amide bonds. The lowest BCUT2D eigenvalue weighted by Gasteiger charge is -2.31. The van der Waals surface area contributed by atoms with Gasteiger partial charge >= 0.3 is 0 Å². The largest absolute Gasteiger partial charge is 0.497 e. The van der Waals surface area contributed by atoms with E-state index in [9.17, 15) is 0 Å². The number of methoxy groups -OCH3 is 1. The summed E-state index contributed by atoms with van der Waals surface area (Å²) >= 11 is 0. The Labute approximate surface area is 107 Å². The molecule has 1 atom stereocenters. The molecule has 1 aromatic heterocycles.